The third-order valence-electron chi connectivity index (χ3n) is 15.6. The molecule has 5 aliphatic rings. The average Bonchev–Trinajstić information content (AvgIpc) is 3.55. The SMILES string of the molecule is CC[C@H](CC[C@@H](C)C1CCC2C3CCC4CC(N(CCCN5C(=O)c6ccccc6C5=O)C(=O)OC(C)(C)C)CCC4(C)C3CCC21C)C(C)C. The number of carbonyl (C=O) groups is 3. The zero-order valence-corrected chi connectivity index (χ0v) is 33.6. The van der Waals surface area contributed by atoms with Gasteiger partial charge in [0.05, 0.1) is 11.1 Å². The quantitative estimate of drug-likeness (QED) is 0.215. The fourth-order valence-corrected chi connectivity index (χ4v) is 12.8. The second-order valence-corrected chi connectivity index (χ2v) is 19.6. The van der Waals surface area contributed by atoms with Crippen molar-refractivity contribution in [2.24, 2.45) is 58.2 Å². The first-order valence-corrected chi connectivity index (χ1v) is 21.0. The van der Waals surface area contributed by atoms with Crippen molar-refractivity contribution in [3.05, 3.63) is 35.4 Å². The highest BCUT2D eigenvalue weighted by atomic mass is 16.6. The second kappa shape index (κ2) is 14.8. The molecule has 4 saturated carbocycles. The molecule has 1 aliphatic heterocycles. The summed E-state index contributed by atoms with van der Waals surface area (Å²) in [7, 11) is 0. The van der Waals surface area contributed by atoms with Gasteiger partial charge in [-0.3, -0.25) is 14.5 Å². The normalized spacial score (nSPS) is 34.4. The van der Waals surface area contributed by atoms with E-state index in [9.17, 15) is 14.4 Å². The Morgan fingerprint density at radius 2 is 1.55 bits per heavy atom. The molecule has 3 amide bonds. The van der Waals surface area contributed by atoms with Gasteiger partial charge in [-0.2, -0.15) is 0 Å². The van der Waals surface area contributed by atoms with Gasteiger partial charge in [0.1, 0.15) is 5.60 Å². The predicted octanol–water partition coefficient (Wildman–Crippen LogP) is 11.0. The van der Waals surface area contributed by atoms with E-state index in [1.54, 1.807) is 24.3 Å². The number of amides is 3. The lowest BCUT2D eigenvalue weighted by Crippen LogP contribution is -2.56. The highest BCUT2D eigenvalue weighted by Gasteiger charge is 2.61. The molecule has 1 heterocycles. The molecule has 0 aromatic heterocycles. The fraction of sp³-hybridized carbons (Fsp3) is 0.800. The fourth-order valence-electron chi connectivity index (χ4n) is 12.8. The van der Waals surface area contributed by atoms with Gasteiger partial charge in [0, 0.05) is 19.1 Å². The number of fused-ring (bicyclic) bond motifs is 6. The Morgan fingerprint density at radius 1 is 0.902 bits per heavy atom. The zero-order valence-electron chi connectivity index (χ0n) is 33.6. The maximum atomic E-state index is 13.8. The van der Waals surface area contributed by atoms with Crippen LogP contribution in [0.1, 0.15) is 167 Å². The number of rotatable bonds is 11. The van der Waals surface area contributed by atoms with E-state index in [0.717, 1.165) is 60.7 Å². The Balaban J connectivity index is 1.10. The largest absolute Gasteiger partial charge is 0.444 e. The molecule has 1 aromatic rings. The van der Waals surface area contributed by atoms with E-state index in [0.29, 0.717) is 47.4 Å². The summed E-state index contributed by atoms with van der Waals surface area (Å²) >= 11 is 0. The van der Waals surface area contributed by atoms with Crippen LogP contribution in [-0.2, 0) is 4.74 Å². The molecule has 4 fully saturated rings. The summed E-state index contributed by atoms with van der Waals surface area (Å²) in [6.45, 7) is 21.7. The molecule has 0 bridgehead atoms. The van der Waals surface area contributed by atoms with E-state index in [2.05, 4.69) is 41.5 Å². The minimum Gasteiger partial charge on any atom is -0.444 e. The van der Waals surface area contributed by atoms with E-state index >= 15 is 0 Å². The van der Waals surface area contributed by atoms with E-state index in [1.807, 2.05) is 25.7 Å². The van der Waals surface area contributed by atoms with E-state index in [-0.39, 0.29) is 23.9 Å². The molecule has 6 rings (SSSR count). The van der Waals surface area contributed by atoms with Crippen molar-refractivity contribution in [1.29, 1.82) is 0 Å². The van der Waals surface area contributed by atoms with Crippen LogP contribution < -0.4 is 0 Å². The van der Waals surface area contributed by atoms with Gasteiger partial charge in [-0.05, 0) is 162 Å². The number of benzene rings is 1. The summed E-state index contributed by atoms with van der Waals surface area (Å²) in [5, 5.41) is 0. The number of carbonyl (C=O) groups excluding carboxylic acids is 3. The lowest BCUT2D eigenvalue weighted by atomic mass is 9.44. The van der Waals surface area contributed by atoms with Gasteiger partial charge in [0.25, 0.3) is 11.8 Å². The third kappa shape index (κ3) is 7.29. The first-order valence-electron chi connectivity index (χ1n) is 21.0. The van der Waals surface area contributed by atoms with Crippen LogP contribution in [0.15, 0.2) is 24.3 Å². The van der Waals surface area contributed by atoms with Crippen molar-refractivity contribution in [3.8, 4) is 0 Å². The highest BCUT2D eigenvalue weighted by molar-refractivity contribution is 6.21. The zero-order chi connectivity index (χ0) is 36.9. The molecule has 51 heavy (non-hydrogen) atoms. The molecule has 6 nitrogen and oxygen atoms in total. The summed E-state index contributed by atoms with van der Waals surface area (Å²) in [6, 6.07) is 7.18. The Bertz CT molecular complexity index is 1400. The first-order chi connectivity index (χ1) is 24.1. The van der Waals surface area contributed by atoms with Crippen LogP contribution in [0.3, 0.4) is 0 Å². The van der Waals surface area contributed by atoms with Crippen molar-refractivity contribution in [1.82, 2.24) is 9.80 Å². The third-order valence-corrected chi connectivity index (χ3v) is 15.6. The number of nitrogens with zero attached hydrogens (tertiary/aromatic N) is 2. The standard InChI is InChI=1S/C45H70N2O4/c1-10-31(29(2)3)17-16-30(4)37-20-21-38-36-19-18-32-28-33(22-24-44(32,8)39(36)23-25-45(37,38)9)46(42(50)51-43(5,6)7)26-13-27-47-40(48)34-14-11-12-15-35(34)41(47)49/h11-12,14-15,29-33,36-39H,10,13,16-28H2,1-9H3/t30-,31-,32?,33?,36?,37?,38?,39?,44?,45?/m1/s1. The van der Waals surface area contributed by atoms with Crippen molar-refractivity contribution in [2.45, 2.75) is 157 Å². The lowest BCUT2D eigenvalue weighted by Gasteiger charge is -2.62. The molecule has 1 aromatic carbocycles. The number of imide groups is 1. The van der Waals surface area contributed by atoms with Crippen molar-refractivity contribution in [3.63, 3.8) is 0 Å². The Kier molecular flexibility index (Phi) is 11.1. The van der Waals surface area contributed by atoms with Gasteiger partial charge in [0.2, 0.25) is 0 Å². The summed E-state index contributed by atoms with van der Waals surface area (Å²) in [5.74, 6) is 6.00. The van der Waals surface area contributed by atoms with Crippen LogP contribution >= 0.6 is 0 Å². The Hall–Kier alpha value is -2.37. The molecule has 0 radical (unpaired) electrons. The van der Waals surface area contributed by atoms with Crippen molar-refractivity contribution >= 4 is 17.9 Å². The minimum absolute atomic E-state index is 0.125. The van der Waals surface area contributed by atoms with Crippen LogP contribution in [0.2, 0.25) is 0 Å². The summed E-state index contributed by atoms with van der Waals surface area (Å²) in [5.41, 5.74) is 1.19. The monoisotopic (exact) mass is 703 g/mol. The lowest BCUT2D eigenvalue weighted by molar-refractivity contribution is -0.124. The molecular formula is C45H70N2O4. The highest BCUT2D eigenvalue weighted by Crippen LogP contribution is 2.68. The first kappa shape index (κ1) is 38.4. The molecule has 284 valence electrons. The van der Waals surface area contributed by atoms with Gasteiger partial charge in [-0.15, -0.1) is 0 Å². The molecule has 10 atom stereocenters. The van der Waals surface area contributed by atoms with Gasteiger partial charge in [-0.25, -0.2) is 4.79 Å². The van der Waals surface area contributed by atoms with E-state index < -0.39 is 5.60 Å². The smallest absolute Gasteiger partial charge is 0.410 e. The average molecular weight is 703 g/mol. The summed E-state index contributed by atoms with van der Waals surface area (Å²) in [4.78, 5) is 43.2. The molecule has 6 heteroatoms. The van der Waals surface area contributed by atoms with E-state index in [4.69, 9.17) is 4.74 Å². The van der Waals surface area contributed by atoms with Crippen LogP contribution in [-0.4, -0.2) is 52.4 Å². The molecule has 0 N–H and O–H groups in total. The van der Waals surface area contributed by atoms with Gasteiger partial charge in [-0.1, -0.05) is 66.5 Å². The molecule has 4 aliphatic carbocycles. The molecule has 0 spiro atoms. The van der Waals surface area contributed by atoms with Gasteiger partial charge in [0.15, 0.2) is 0 Å². The second-order valence-electron chi connectivity index (χ2n) is 19.6. The Labute approximate surface area is 310 Å². The van der Waals surface area contributed by atoms with Crippen LogP contribution in [0, 0.1) is 58.2 Å². The van der Waals surface area contributed by atoms with Gasteiger partial charge >= 0.3 is 6.09 Å². The molecular weight excluding hydrogens is 633 g/mol. The molecule has 8 unspecified atom stereocenters. The van der Waals surface area contributed by atoms with E-state index in [1.165, 1.54) is 62.7 Å². The number of hydrogen-bond acceptors (Lipinski definition) is 4. The number of hydrogen-bond donors (Lipinski definition) is 0. The predicted molar refractivity (Wildman–Crippen MR) is 205 cm³/mol. The topological polar surface area (TPSA) is 66.9 Å². The van der Waals surface area contributed by atoms with Crippen molar-refractivity contribution < 1.29 is 19.1 Å². The maximum absolute atomic E-state index is 13.8. The summed E-state index contributed by atoms with van der Waals surface area (Å²) < 4.78 is 5.99. The van der Waals surface area contributed by atoms with Crippen LogP contribution in [0.25, 0.3) is 0 Å². The van der Waals surface area contributed by atoms with Crippen LogP contribution in [0.4, 0.5) is 4.79 Å². The Morgan fingerprint density at radius 3 is 2.18 bits per heavy atom. The minimum atomic E-state index is -0.587. The summed E-state index contributed by atoms with van der Waals surface area (Å²) in [6.07, 6.45) is 15.8. The van der Waals surface area contributed by atoms with Gasteiger partial charge < -0.3 is 9.64 Å². The van der Waals surface area contributed by atoms with Crippen LogP contribution in [0.5, 0.6) is 0 Å². The molecule has 0 saturated heterocycles. The van der Waals surface area contributed by atoms with Crippen molar-refractivity contribution in [2.75, 3.05) is 13.1 Å². The number of ether oxygens (including phenoxy) is 1. The maximum Gasteiger partial charge on any atom is 0.410 e.